The molecule has 3 aromatic carbocycles. The number of benzene rings is 3. The molecule has 2 N–H and O–H groups in total. The third-order valence-electron chi connectivity index (χ3n) is 5.29. The number of rotatable bonds is 4. The third-order valence-corrected chi connectivity index (χ3v) is 5.29. The number of imidazole rings is 1. The molecule has 1 aliphatic heterocycles. The van der Waals surface area contributed by atoms with Crippen LogP contribution in [0.1, 0.15) is 15.9 Å². The number of carbonyl (C=O) groups is 2. The van der Waals surface area contributed by atoms with E-state index in [4.69, 9.17) is 0 Å². The second kappa shape index (κ2) is 7.42. The summed E-state index contributed by atoms with van der Waals surface area (Å²) in [6, 6.07) is 15.1. The highest BCUT2D eigenvalue weighted by molar-refractivity contribution is 6.11. The Kier molecular flexibility index (Phi) is 4.55. The molecule has 0 bridgehead atoms. The molecule has 2 heterocycles. The van der Waals surface area contributed by atoms with Gasteiger partial charge in [0.05, 0.1) is 16.6 Å². The van der Waals surface area contributed by atoms with Gasteiger partial charge in [-0.1, -0.05) is 24.8 Å². The Balaban J connectivity index is 1.35. The molecule has 0 spiro atoms. The maximum atomic E-state index is 14.1. The SMILES string of the molecule is C=C1c2ccccc2C(=O)N1CC(=O)Nc1ccc2nc(-c3cc(F)ccc3F)[nH]c2c1. The molecule has 0 unspecified atom stereocenters. The van der Waals surface area contributed by atoms with Crippen molar-refractivity contribution in [3.8, 4) is 11.4 Å². The van der Waals surface area contributed by atoms with E-state index in [1.54, 1.807) is 36.4 Å². The predicted octanol–water partition coefficient (Wildman–Crippen LogP) is 4.57. The van der Waals surface area contributed by atoms with E-state index >= 15 is 0 Å². The largest absolute Gasteiger partial charge is 0.338 e. The van der Waals surface area contributed by atoms with Crippen LogP contribution in [0.2, 0.25) is 0 Å². The van der Waals surface area contributed by atoms with Gasteiger partial charge < -0.3 is 10.3 Å². The summed E-state index contributed by atoms with van der Waals surface area (Å²) in [5, 5.41) is 2.74. The molecule has 1 aliphatic rings. The van der Waals surface area contributed by atoms with Crippen LogP contribution in [-0.4, -0.2) is 33.2 Å². The molecule has 0 aliphatic carbocycles. The van der Waals surface area contributed by atoms with Crippen molar-refractivity contribution in [2.24, 2.45) is 0 Å². The van der Waals surface area contributed by atoms with Crippen molar-refractivity contribution in [2.75, 3.05) is 11.9 Å². The van der Waals surface area contributed by atoms with E-state index < -0.39 is 17.5 Å². The number of aromatic nitrogens is 2. The van der Waals surface area contributed by atoms with Gasteiger partial charge in [0.15, 0.2) is 0 Å². The first kappa shape index (κ1) is 19.6. The van der Waals surface area contributed by atoms with Gasteiger partial charge in [-0.2, -0.15) is 0 Å². The van der Waals surface area contributed by atoms with Crippen LogP contribution in [0.4, 0.5) is 14.5 Å². The molecule has 0 saturated heterocycles. The third kappa shape index (κ3) is 3.31. The minimum absolute atomic E-state index is 0.0115. The van der Waals surface area contributed by atoms with Crippen molar-refractivity contribution < 1.29 is 18.4 Å². The predicted molar refractivity (Wildman–Crippen MR) is 117 cm³/mol. The molecule has 6 nitrogen and oxygen atoms in total. The molecule has 0 atom stereocenters. The zero-order valence-electron chi connectivity index (χ0n) is 16.7. The van der Waals surface area contributed by atoms with E-state index in [9.17, 15) is 18.4 Å². The number of amides is 2. The quantitative estimate of drug-likeness (QED) is 0.498. The fourth-order valence-corrected chi connectivity index (χ4v) is 3.74. The Labute approximate surface area is 181 Å². The van der Waals surface area contributed by atoms with Crippen LogP contribution in [-0.2, 0) is 4.79 Å². The van der Waals surface area contributed by atoms with Crippen molar-refractivity contribution >= 4 is 34.2 Å². The number of hydrogen-bond acceptors (Lipinski definition) is 3. The second-order valence-electron chi connectivity index (χ2n) is 7.37. The van der Waals surface area contributed by atoms with Crippen LogP contribution in [0.5, 0.6) is 0 Å². The normalized spacial score (nSPS) is 13.0. The van der Waals surface area contributed by atoms with Gasteiger partial charge in [-0.05, 0) is 42.5 Å². The van der Waals surface area contributed by atoms with Crippen LogP contribution >= 0.6 is 0 Å². The number of H-pyrrole nitrogens is 1. The monoisotopic (exact) mass is 430 g/mol. The van der Waals surface area contributed by atoms with Crippen molar-refractivity contribution in [1.82, 2.24) is 14.9 Å². The number of aromatic amines is 1. The van der Waals surface area contributed by atoms with Gasteiger partial charge in [-0.3, -0.25) is 14.5 Å². The van der Waals surface area contributed by atoms with Crippen molar-refractivity contribution in [3.63, 3.8) is 0 Å². The lowest BCUT2D eigenvalue weighted by atomic mass is 10.1. The number of hydrogen-bond donors (Lipinski definition) is 2. The van der Waals surface area contributed by atoms with Gasteiger partial charge in [0.2, 0.25) is 5.91 Å². The second-order valence-corrected chi connectivity index (χ2v) is 7.37. The van der Waals surface area contributed by atoms with Crippen LogP contribution in [0.15, 0.2) is 67.2 Å². The molecule has 5 rings (SSSR count). The summed E-state index contributed by atoms with van der Waals surface area (Å²) in [6.45, 7) is 3.74. The van der Waals surface area contributed by atoms with E-state index in [1.165, 1.54) is 4.90 Å². The Morgan fingerprint density at radius 1 is 1.03 bits per heavy atom. The van der Waals surface area contributed by atoms with Gasteiger partial charge in [-0.25, -0.2) is 13.8 Å². The van der Waals surface area contributed by atoms with Gasteiger partial charge in [0.1, 0.15) is 24.0 Å². The number of anilines is 1. The number of fused-ring (bicyclic) bond motifs is 2. The van der Waals surface area contributed by atoms with Gasteiger partial charge in [-0.15, -0.1) is 0 Å². The summed E-state index contributed by atoms with van der Waals surface area (Å²) in [4.78, 5) is 33.7. The van der Waals surface area contributed by atoms with Gasteiger partial charge in [0.25, 0.3) is 5.91 Å². The van der Waals surface area contributed by atoms with Crippen LogP contribution in [0.25, 0.3) is 28.1 Å². The molecular formula is C24H16F2N4O2. The Morgan fingerprint density at radius 2 is 1.81 bits per heavy atom. The first-order valence-electron chi connectivity index (χ1n) is 9.76. The molecule has 8 heteroatoms. The molecule has 2 amide bonds. The van der Waals surface area contributed by atoms with E-state index in [0.29, 0.717) is 33.5 Å². The average Bonchev–Trinajstić information content (AvgIpc) is 3.30. The lowest BCUT2D eigenvalue weighted by Crippen LogP contribution is -2.32. The first-order valence-corrected chi connectivity index (χ1v) is 9.76. The molecule has 32 heavy (non-hydrogen) atoms. The smallest absolute Gasteiger partial charge is 0.259 e. The van der Waals surface area contributed by atoms with Crippen molar-refractivity contribution in [3.05, 3.63) is 90.0 Å². The lowest BCUT2D eigenvalue weighted by Gasteiger charge is -2.17. The number of carbonyl (C=O) groups excluding carboxylic acids is 2. The molecule has 158 valence electrons. The molecule has 0 radical (unpaired) electrons. The van der Waals surface area contributed by atoms with E-state index in [1.807, 2.05) is 6.07 Å². The summed E-state index contributed by atoms with van der Waals surface area (Å²) in [7, 11) is 0. The van der Waals surface area contributed by atoms with Crippen LogP contribution in [0, 0.1) is 11.6 Å². The van der Waals surface area contributed by atoms with Gasteiger partial charge >= 0.3 is 0 Å². The first-order chi connectivity index (χ1) is 15.4. The summed E-state index contributed by atoms with van der Waals surface area (Å²) < 4.78 is 27.6. The van der Waals surface area contributed by atoms with E-state index in [2.05, 4.69) is 21.9 Å². The number of nitrogens with one attached hydrogen (secondary N) is 2. The summed E-state index contributed by atoms with van der Waals surface area (Å²) >= 11 is 0. The number of nitrogens with zero attached hydrogens (tertiary/aromatic N) is 2. The maximum absolute atomic E-state index is 14.1. The summed E-state index contributed by atoms with van der Waals surface area (Å²) in [5.74, 6) is -1.67. The highest BCUT2D eigenvalue weighted by atomic mass is 19.1. The lowest BCUT2D eigenvalue weighted by molar-refractivity contribution is -0.116. The minimum atomic E-state index is -0.601. The van der Waals surface area contributed by atoms with E-state index in [-0.39, 0.29) is 23.8 Å². The molecule has 4 aromatic rings. The highest BCUT2D eigenvalue weighted by Gasteiger charge is 2.31. The maximum Gasteiger partial charge on any atom is 0.259 e. The Morgan fingerprint density at radius 3 is 2.59 bits per heavy atom. The van der Waals surface area contributed by atoms with Crippen molar-refractivity contribution in [1.29, 1.82) is 0 Å². The topological polar surface area (TPSA) is 78.1 Å². The van der Waals surface area contributed by atoms with Crippen LogP contribution < -0.4 is 5.32 Å². The zero-order chi connectivity index (χ0) is 22.4. The summed E-state index contributed by atoms with van der Waals surface area (Å²) in [6.07, 6.45) is 0. The standard InChI is InChI=1S/C24H16F2N4O2/c1-13-16-4-2-3-5-17(16)24(32)30(13)12-22(31)27-15-7-9-20-21(11-15)29-23(28-20)18-10-14(25)6-8-19(18)26/h2-11H,1,12H2,(H,27,31)(H,28,29). The average molecular weight is 430 g/mol. The Hall–Kier alpha value is -4.33. The molecular weight excluding hydrogens is 414 g/mol. The summed E-state index contributed by atoms with van der Waals surface area (Å²) in [5.41, 5.74) is 3.24. The zero-order valence-corrected chi connectivity index (χ0v) is 16.7. The fraction of sp³-hybridized carbons (Fsp3) is 0.0417. The minimum Gasteiger partial charge on any atom is -0.338 e. The van der Waals surface area contributed by atoms with Crippen LogP contribution in [0.3, 0.4) is 0 Å². The number of halogens is 2. The molecule has 0 fully saturated rings. The van der Waals surface area contributed by atoms with E-state index in [0.717, 1.165) is 18.2 Å². The van der Waals surface area contributed by atoms with Crippen molar-refractivity contribution in [2.45, 2.75) is 0 Å². The van der Waals surface area contributed by atoms with Gasteiger partial charge in [0, 0.05) is 22.5 Å². The Bertz CT molecular complexity index is 1390. The molecule has 1 aromatic heterocycles. The highest BCUT2D eigenvalue weighted by Crippen LogP contribution is 2.31. The molecule has 0 saturated carbocycles. The fourth-order valence-electron chi connectivity index (χ4n) is 3.74.